The zero-order valence-corrected chi connectivity index (χ0v) is 12.2. The van der Waals surface area contributed by atoms with Crippen molar-refractivity contribution in [1.29, 1.82) is 0 Å². The summed E-state index contributed by atoms with van der Waals surface area (Å²) in [6.07, 6.45) is -0.384. The van der Waals surface area contributed by atoms with Crippen LogP contribution in [0.3, 0.4) is 0 Å². The molecule has 3 amide bonds. The van der Waals surface area contributed by atoms with Gasteiger partial charge in [-0.15, -0.1) is 0 Å². The predicted molar refractivity (Wildman–Crippen MR) is 74.8 cm³/mol. The van der Waals surface area contributed by atoms with Gasteiger partial charge >= 0.3 is 6.09 Å². The SMILES string of the molecule is O=C(Cc1ccc2c(c1)OCO2)N1CC(N2C(=O)COC2=O)C1. The lowest BCUT2D eigenvalue weighted by Crippen LogP contribution is -2.62. The van der Waals surface area contributed by atoms with E-state index >= 15 is 0 Å². The first kappa shape index (κ1) is 13.9. The molecule has 0 aromatic heterocycles. The fourth-order valence-corrected chi connectivity index (χ4v) is 2.88. The monoisotopic (exact) mass is 318 g/mol. The Bertz CT molecular complexity index is 681. The van der Waals surface area contributed by atoms with E-state index in [0.717, 1.165) is 10.5 Å². The predicted octanol–water partition coefficient (Wildman–Crippen LogP) is 0.147. The Morgan fingerprint density at radius 1 is 1.13 bits per heavy atom. The Morgan fingerprint density at radius 2 is 1.91 bits per heavy atom. The number of fused-ring (bicyclic) bond motifs is 1. The summed E-state index contributed by atoms with van der Waals surface area (Å²) < 4.78 is 15.2. The molecular formula is C15H14N2O6. The van der Waals surface area contributed by atoms with Crippen molar-refractivity contribution in [1.82, 2.24) is 9.80 Å². The van der Waals surface area contributed by atoms with Crippen molar-refractivity contribution in [2.24, 2.45) is 0 Å². The van der Waals surface area contributed by atoms with E-state index < -0.39 is 6.09 Å². The largest absolute Gasteiger partial charge is 0.454 e. The average Bonchev–Trinajstić information content (AvgIpc) is 3.06. The second kappa shape index (κ2) is 5.15. The second-order valence-electron chi connectivity index (χ2n) is 5.64. The summed E-state index contributed by atoms with van der Waals surface area (Å²) in [4.78, 5) is 38.0. The highest BCUT2D eigenvalue weighted by atomic mass is 16.7. The molecule has 4 rings (SSSR count). The van der Waals surface area contributed by atoms with Crippen molar-refractivity contribution >= 4 is 17.9 Å². The van der Waals surface area contributed by atoms with Gasteiger partial charge in [-0.05, 0) is 17.7 Å². The molecule has 0 N–H and O–H groups in total. The van der Waals surface area contributed by atoms with Crippen LogP contribution in [0.1, 0.15) is 5.56 Å². The van der Waals surface area contributed by atoms with Gasteiger partial charge in [0.2, 0.25) is 12.7 Å². The molecule has 23 heavy (non-hydrogen) atoms. The summed E-state index contributed by atoms with van der Waals surface area (Å²) >= 11 is 0. The second-order valence-corrected chi connectivity index (χ2v) is 5.64. The molecule has 2 saturated heterocycles. The normalized spacial score (nSPS) is 19.8. The molecule has 0 radical (unpaired) electrons. The Labute approximate surface area is 131 Å². The number of carbonyl (C=O) groups excluding carboxylic acids is 3. The maximum atomic E-state index is 12.3. The van der Waals surface area contributed by atoms with Crippen LogP contribution >= 0.6 is 0 Å². The summed E-state index contributed by atoms with van der Waals surface area (Å²) in [5.41, 5.74) is 0.833. The van der Waals surface area contributed by atoms with Gasteiger partial charge < -0.3 is 19.1 Å². The molecule has 0 spiro atoms. The van der Waals surface area contributed by atoms with Crippen molar-refractivity contribution < 1.29 is 28.6 Å². The highest BCUT2D eigenvalue weighted by Gasteiger charge is 2.44. The van der Waals surface area contributed by atoms with Crippen molar-refractivity contribution in [2.75, 3.05) is 26.5 Å². The lowest BCUT2D eigenvalue weighted by atomic mass is 10.0. The Hall–Kier alpha value is -2.77. The molecule has 3 aliphatic heterocycles. The van der Waals surface area contributed by atoms with Crippen molar-refractivity contribution in [3.05, 3.63) is 23.8 Å². The van der Waals surface area contributed by atoms with Crippen LogP contribution in [0.2, 0.25) is 0 Å². The van der Waals surface area contributed by atoms with Gasteiger partial charge in [0.15, 0.2) is 18.1 Å². The number of carbonyl (C=O) groups is 3. The molecule has 8 nitrogen and oxygen atoms in total. The third-order valence-electron chi connectivity index (χ3n) is 4.16. The van der Waals surface area contributed by atoms with Gasteiger partial charge in [0.25, 0.3) is 5.91 Å². The first-order valence-corrected chi connectivity index (χ1v) is 7.27. The molecule has 0 atom stereocenters. The molecule has 0 saturated carbocycles. The van der Waals surface area contributed by atoms with Crippen LogP contribution in [0, 0.1) is 0 Å². The number of cyclic esters (lactones) is 1. The molecule has 0 bridgehead atoms. The molecule has 120 valence electrons. The summed E-state index contributed by atoms with van der Waals surface area (Å²) in [5, 5.41) is 0. The van der Waals surface area contributed by atoms with Gasteiger partial charge in [-0.25, -0.2) is 9.69 Å². The standard InChI is InChI=1S/C15H14N2O6/c18-13(4-9-1-2-11-12(3-9)23-8-22-11)16-5-10(6-16)17-14(19)7-21-15(17)20/h1-3,10H,4-8H2. The van der Waals surface area contributed by atoms with Crippen LogP contribution in [0.15, 0.2) is 18.2 Å². The highest BCUT2D eigenvalue weighted by Crippen LogP contribution is 2.32. The van der Waals surface area contributed by atoms with E-state index in [1.54, 1.807) is 17.0 Å². The van der Waals surface area contributed by atoms with Crippen LogP contribution in [-0.2, 0) is 20.7 Å². The Kier molecular flexibility index (Phi) is 3.10. The maximum absolute atomic E-state index is 12.3. The maximum Gasteiger partial charge on any atom is 0.417 e. The number of rotatable bonds is 3. The van der Waals surface area contributed by atoms with Crippen LogP contribution < -0.4 is 9.47 Å². The minimum atomic E-state index is -0.622. The Balaban J connectivity index is 1.35. The average molecular weight is 318 g/mol. The Morgan fingerprint density at radius 3 is 2.65 bits per heavy atom. The lowest BCUT2D eigenvalue weighted by molar-refractivity contribution is -0.141. The van der Waals surface area contributed by atoms with E-state index in [2.05, 4.69) is 4.74 Å². The van der Waals surface area contributed by atoms with Crippen molar-refractivity contribution in [3.8, 4) is 11.5 Å². The van der Waals surface area contributed by atoms with Crippen LogP contribution in [-0.4, -0.2) is 60.2 Å². The smallest absolute Gasteiger partial charge is 0.417 e. The van der Waals surface area contributed by atoms with Gasteiger partial charge in [-0.3, -0.25) is 9.59 Å². The van der Waals surface area contributed by atoms with E-state index in [9.17, 15) is 14.4 Å². The van der Waals surface area contributed by atoms with E-state index in [1.165, 1.54) is 0 Å². The summed E-state index contributed by atoms with van der Waals surface area (Å²) in [5.74, 6) is 0.918. The van der Waals surface area contributed by atoms with Gasteiger partial charge in [0.05, 0.1) is 12.5 Å². The number of nitrogens with zero attached hydrogens (tertiary/aromatic N) is 2. The summed E-state index contributed by atoms with van der Waals surface area (Å²) in [7, 11) is 0. The quantitative estimate of drug-likeness (QED) is 0.788. The lowest BCUT2D eigenvalue weighted by Gasteiger charge is -2.42. The van der Waals surface area contributed by atoms with Crippen LogP contribution in [0.4, 0.5) is 4.79 Å². The van der Waals surface area contributed by atoms with Gasteiger partial charge in [0, 0.05) is 13.1 Å². The number of ether oxygens (including phenoxy) is 3. The van der Waals surface area contributed by atoms with E-state index in [0.29, 0.717) is 24.6 Å². The molecule has 1 aromatic carbocycles. The first-order valence-electron chi connectivity index (χ1n) is 7.27. The topological polar surface area (TPSA) is 85.4 Å². The summed E-state index contributed by atoms with van der Waals surface area (Å²) in [6, 6.07) is 5.12. The third-order valence-corrected chi connectivity index (χ3v) is 4.16. The number of hydrogen-bond donors (Lipinski definition) is 0. The van der Waals surface area contributed by atoms with E-state index in [4.69, 9.17) is 9.47 Å². The minimum Gasteiger partial charge on any atom is -0.454 e. The summed E-state index contributed by atoms with van der Waals surface area (Å²) in [6.45, 7) is 0.690. The van der Waals surface area contributed by atoms with Crippen molar-refractivity contribution in [3.63, 3.8) is 0 Å². The molecule has 8 heteroatoms. The fourth-order valence-electron chi connectivity index (χ4n) is 2.88. The van der Waals surface area contributed by atoms with Crippen molar-refractivity contribution in [2.45, 2.75) is 12.5 Å². The number of likely N-dealkylation sites (tertiary alicyclic amines) is 1. The molecule has 2 fully saturated rings. The third kappa shape index (κ3) is 2.36. The number of amides is 3. The number of hydrogen-bond acceptors (Lipinski definition) is 6. The first-order chi connectivity index (χ1) is 11.1. The minimum absolute atomic E-state index is 0.0554. The van der Waals surface area contributed by atoms with E-state index in [1.807, 2.05) is 6.07 Å². The zero-order valence-electron chi connectivity index (χ0n) is 12.2. The molecule has 1 aromatic rings. The molecular weight excluding hydrogens is 304 g/mol. The molecule has 3 heterocycles. The molecule has 3 aliphatic rings. The van der Waals surface area contributed by atoms with Gasteiger partial charge in [-0.2, -0.15) is 0 Å². The van der Waals surface area contributed by atoms with Gasteiger partial charge in [-0.1, -0.05) is 6.07 Å². The molecule has 0 aliphatic carbocycles. The fraction of sp³-hybridized carbons (Fsp3) is 0.400. The van der Waals surface area contributed by atoms with Crippen LogP contribution in [0.25, 0.3) is 0 Å². The van der Waals surface area contributed by atoms with E-state index in [-0.39, 0.29) is 37.7 Å². The number of imide groups is 1. The van der Waals surface area contributed by atoms with Crippen LogP contribution in [0.5, 0.6) is 11.5 Å². The molecule has 0 unspecified atom stereocenters. The highest BCUT2D eigenvalue weighted by molar-refractivity contribution is 5.98. The zero-order chi connectivity index (χ0) is 16.0. The number of benzene rings is 1. The van der Waals surface area contributed by atoms with Gasteiger partial charge in [0.1, 0.15) is 0 Å².